The van der Waals surface area contributed by atoms with Gasteiger partial charge in [-0.25, -0.2) is 8.78 Å². The molecule has 0 aromatic heterocycles. The van der Waals surface area contributed by atoms with E-state index >= 15 is 0 Å². The van der Waals surface area contributed by atoms with E-state index in [2.05, 4.69) is 10.6 Å². The number of amides is 2. The molecule has 0 radical (unpaired) electrons. The molecule has 5 fully saturated rings. The molecule has 2 atom stereocenters. The van der Waals surface area contributed by atoms with Crippen molar-refractivity contribution >= 4 is 23.2 Å². The SMILES string of the molecule is N#C[C@@H]1C[C@H](F)CN1C(=O)CNC12CCC(C(=O)Nc3cccc(F)c3N3CCOCC3)(CC1)CC2. The maximum Gasteiger partial charge on any atom is 0.237 e. The molecule has 2 N–H and O–H groups in total. The average molecular weight is 502 g/mol. The van der Waals surface area contributed by atoms with Crippen molar-refractivity contribution in [3.63, 3.8) is 0 Å². The van der Waals surface area contributed by atoms with Crippen LogP contribution in [-0.4, -0.2) is 73.9 Å². The summed E-state index contributed by atoms with van der Waals surface area (Å²) in [5, 5.41) is 15.7. The number of nitrogens with one attached hydrogen (secondary N) is 2. The summed E-state index contributed by atoms with van der Waals surface area (Å²) in [6, 6.07) is 6.09. The van der Waals surface area contributed by atoms with Crippen LogP contribution in [0.25, 0.3) is 0 Å². The van der Waals surface area contributed by atoms with Crippen LogP contribution in [-0.2, 0) is 14.3 Å². The molecule has 3 saturated carbocycles. The number of likely N-dealkylation sites (tertiary alicyclic amines) is 1. The smallest absolute Gasteiger partial charge is 0.237 e. The van der Waals surface area contributed by atoms with Crippen molar-refractivity contribution in [3.8, 4) is 6.07 Å². The highest BCUT2D eigenvalue weighted by Gasteiger charge is 2.52. The van der Waals surface area contributed by atoms with Gasteiger partial charge in [-0.3, -0.25) is 9.59 Å². The second kappa shape index (κ2) is 9.94. The fourth-order valence-electron chi connectivity index (χ4n) is 6.32. The summed E-state index contributed by atoms with van der Waals surface area (Å²) in [7, 11) is 0. The Labute approximate surface area is 209 Å². The van der Waals surface area contributed by atoms with Crippen molar-refractivity contribution in [2.45, 2.75) is 62.7 Å². The third-order valence-corrected chi connectivity index (χ3v) is 8.62. The van der Waals surface area contributed by atoms with Crippen molar-refractivity contribution in [1.82, 2.24) is 10.2 Å². The van der Waals surface area contributed by atoms with Crippen molar-refractivity contribution in [3.05, 3.63) is 24.0 Å². The van der Waals surface area contributed by atoms with Crippen LogP contribution >= 0.6 is 0 Å². The van der Waals surface area contributed by atoms with Gasteiger partial charge in [0.25, 0.3) is 0 Å². The number of hydrogen-bond donors (Lipinski definition) is 2. The predicted molar refractivity (Wildman–Crippen MR) is 130 cm³/mol. The maximum atomic E-state index is 14.8. The van der Waals surface area contributed by atoms with E-state index in [1.807, 2.05) is 11.0 Å². The number of carbonyl (C=O) groups is 2. The molecule has 2 bridgehead atoms. The van der Waals surface area contributed by atoms with Gasteiger partial charge in [0.05, 0.1) is 43.7 Å². The number of carbonyl (C=O) groups excluding carboxylic acids is 2. The molecule has 194 valence electrons. The molecule has 2 saturated heterocycles. The highest BCUT2D eigenvalue weighted by molar-refractivity contribution is 5.98. The Hall–Kier alpha value is -2.77. The van der Waals surface area contributed by atoms with E-state index in [9.17, 15) is 23.6 Å². The number of benzene rings is 1. The lowest BCUT2D eigenvalue weighted by molar-refractivity contribution is -0.135. The number of anilines is 2. The lowest BCUT2D eigenvalue weighted by atomic mass is 9.57. The first-order valence-electron chi connectivity index (χ1n) is 12.9. The number of alkyl halides is 1. The number of halogens is 2. The Morgan fingerprint density at radius 1 is 1.14 bits per heavy atom. The Balaban J connectivity index is 1.20. The summed E-state index contributed by atoms with van der Waals surface area (Å²) in [4.78, 5) is 29.4. The van der Waals surface area contributed by atoms with Gasteiger partial charge in [-0.2, -0.15) is 5.26 Å². The van der Waals surface area contributed by atoms with Crippen molar-refractivity contribution in [2.75, 3.05) is 49.6 Å². The Morgan fingerprint density at radius 3 is 2.50 bits per heavy atom. The number of nitrogens with zero attached hydrogens (tertiary/aromatic N) is 3. The summed E-state index contributed by atoms with van der Waals surface area (Å²) < 4.78 is 33.9. The van der Waals surface area contributed by atoms with Crippen LogP contribution in [0.1, 0.15) is 44.9 Å². The van der Waals surface area contributed by atoms with Gasteiger partial charge in [0.1, 0.15) is 18.0 Å². The number of hydrogen-bond acceptors (Lipinski definition) is 6. The highest BCUT2D eigenvalue weighted by Crippen LogP contribution is 2.53. The molecule has 0 unspecified atom stereocenters. The first-order chi connectivity index (χ1) is 17.3. The first-order valence-corrected chi connectivity index (χ1v) is 12.9. The molecule has 36 heavy (non-hydrogen) atoms. The Bertz CT molecular complexity index is 1030. The lowest BCUT2D eigenvalue weighted by Gasteiger charge is -2.53. The van der Waals surface area contributed by atoms with Crippen molar-refractivity contribution in [2.24, 2.45) is 5.41 Å². The van der Waals surface area contributed by atoms with Crippen LogP contribution < -0.4 is 15.5 Å². The minimum Gasteiger partial charge on any atom is -0.378 e. The molecular weight excluding hydrogens is 468 g/mol. The van der Waals surface area contributed by atoms with Crippen LogP contribution in [0.2, 0.25) is 0 Å². The monoisotopic (exact) mass is 501 g/mol. The van der Waals surface area contributed by atoms with Crippen molar-refractivity contribution < 1.29 is 23.1 Å². The first kappa shape index (κ1) is 24.9. The second-order valence-electron chi connectivity index (χ2n) is 10.6. The van der Waals surface area contributed by atoms with E-state index in [1.54, 1.807) is 12.1 Å². The number of nitriles is 1. The largest absolute Gasteiger partial charge is 0.378 e. The van der Waals surface area contributed by atoms with E-state index in [-0.39, 0.29) is 42.7 Å². The maximum absolute atomic E-state index is 14.8. The van der Waals surface area contributed by atoms with Gasteiger partial charge in [-0.1, -0.05) is 6.07 Å². The molecule has 0 spiro atoms. The van der Waals surface area contributed by atoms with Crippen LogP contribution in [0.15, 0.2) is 18.2 Å². The summed E-state index contributed by atoms with van der Waals surface area (Å²) in [6.45, 7) is 2.22. The van der Waals surface area contributed by atoms with Gasteiger partial charge in [0, 0.05) is 30.5 Å². The minimum atomic E-state index is -1.15. The van der Waals surface area contributed by atoms with Gasteiger partial charge < -0.3 is 25.2 Å². The van der Waals surface area contributed by atoms with Crippen LogP contribution in [0.3, 0.4) is 0 Å². The molecule has 2 heterocycles. The highest BCUT2D eigenvalue weighted by atomic mass is 19.1. The lowest BCUT2D eigenvalue weighted by Crippen LogP contribution is -2.59. The van der Waals surface area contributed by atoms with E-state index in [0.29, 0.717) is 56.9 Å². The van der Waals surface area contributed by atoms with Gasteiger partial charge in [0.15, 0.2) is 0 Å². The van der Waals surface area contributed by atoms with Crippen molar-refractivity contribution in [1.29, 1.82) is 5.26 Å². The molecule has 6 rings (SSSR count). The molecule has 10 heteroatoms. The van der Waals surface area contributed by atoms with Crippen LogP contribution in [0.4, 0.5) is 20.2 Å². The molecule has 2 aliphatic heterocycles. The number of ether oxygens (including phenoxy) is 1. The molecule has 3 aliphatic carbocycles. The third-order valence-electron chi connectivity index (χ3n) is 8.62. The molecule has 1 aromatic rings. The Kier molecular flexibility index (Phi) is 6.88. The predicted octanol–water partition coefficient (Wildman–Crippen LogP) is 2.75. The number of fused-ring (bicyclic) bond motifs is 3. The molecule has 1 aromatic carbocycles. The number of morpholine rings is 1. The van der Waals surface area contributed by atoms with Crippen LogP contribution in [0, 0.1) is 22.6 Å². The molecule has 2 amide bonds. The van der Waals surface area contributed by atoms with E-state index in [1.165, 1.54) is 11.0 Å². The zero-order valence-electron chi connectivity index (χ0n) is 20.4. The summed E-state index contributed by atoms with van der Waals surface area (Å²) in [6.07, 6.45) is 3.21. The van der Waals surface area contributed by atoms with E-state index in [4.69, 9.17) is 4.74 Å². The van der Waals surface area contributed by atoms with Gasteiger partial charge in [-0.05, 0) is 50.7 Å². The Morgan fingerprint density at radius 2 is 1.83 bits per heavy atom. The van der Waals surface area contributed by atoms with Gasteiger partial charge >= 0.3 is 0 Å². The summed E-state index contributed by atoms with van der Waals surface area (Å²) in [5.41, 5.74) is 0.169. The van der Waals surface area contributed by atoms with Gasteiger partial charge in [-0.15, -0.1) is 0 Å². The van der Waals surface area contributed by atoms with Gasteiger partial charge in [0.2, 0.25) is 11.8 Å². The average Bonchev–Trinajstić information content (AvgIpc) is 3.30. The second-order valence-corrected chi connectivity index (χ2v) is 10.6. The van der Waals surface area contributed by atoms with E-state index < -0.39 is 17.6 Å². The summed E-state index contributed by atoms with van der Waals surface area (Å²) >= 11 is 0. The fraction of sp³-hybridized carbons (Fsp3) is 0.654. The standard InChI is InChI=1S/C26H33F2N5O3/c27-18-14-19(15-29)33(17-18)22(34)16-30-26-7-4-25(5-8-26,6-9-26)24(35)31-21-3-1-2-20(28)23(21)32-10-12-36-13-11-32/h1-3,18-19,30H,4-14,16-17H2,(H,31,35)/t18-,19-,25?,26?/m0/s1. The molecule has 5 aliphatic rings. The minimum absolute atomic E-state index is 0.0262. The third kappa shape index (κ3) is 4.66. The fourth-order valence-corrected chi connectivity index (χ4v) is 6.32. The molecule has 8 nitrogen and oxygen atoms in total. The zero-order valence-corrected chi connectivity index (χ0v) is 20.4. The number of para-hydroxylation sites is 1. The molecular formula is C26H33F2N5O3. The quantitative estimate of drug-likeness (QED) is 0.622. The topological polar surface area (TPSA) is 97.7 Å². The normalized spacial score (nSPS) is 31.8. The zero-order chi connectivity index (χ0) is 25.3. The summed E-state index contributed by atoms with van der Waals surface area (Å²) in [5.74, 6) is -0.684. The number of rotatable bonds is 6. The van der Waals surface area contributed by atoms with Crippen LogP contribution in [0.5, 0.6) is 0 Å². The van der Waals surface area contributed by atoms with E-state index in [0.717, 1.165) is 19.3 Å².